The number of benzene rings is 2. The molecule has 0 aliphatic rings. The summed E-state index contributed by atoms with van der Waals surface area (Å²) in [5.41, 5.74) is 4.86. The van der Waals surface area contributed by atoms with Crippen molar-refractivity contribution in [3.8, 4) is 11.5 Å². The predicted octanol–water partition coefficient (Wildman–Crippen LogP) is 4.44. The highest BCUT2D eigenvalue weighted by Crippen LogP contribution is 2.26. The molecule has 0 atom stereocenters. The van der Waals surface area contributed by atoms with E-state index >= 15 is 0 Å². The number of nitrogens with zero attached hydrogens (tertiary/aromatic N) is 2. The average Bonchev–Trinajstić information content (AvgIpc) is 2.87. The Bertz CT molecular complexity index is 852. The lowest BCUT2D eigenvalue weighted by Crippen LogP contribution is -2.06. The molecule has 126 valence electrons. The van der Waals surface area contributed by atoms with Crippen molar-refractivity contribution in [1.82, 2.24) is 9.55 Å². The van der Waals surface area contributed by atoms with Crippen molar-refractivity contribution >= 4 is 11.0 Å². The lowest BCUT2D eigenvalue weighted by Gasteiger charge is -2.11. The number of methoxy groups -OCH3 is 1. The van der Waals surface area contributed by atoms with Gasteiger partial charge in [0.2, 0.25) is 0 Å². The second-order valence-corrected chi connectivity index (χ2v) is 6.09. The van der Waals surface area contributed by atoms with Gasteiger partial charge in [-0.15, -0.1) is 0 Å². The highest BCUT2D eigenvalue weighted by atomic mass is 16.5. The number of ether oxygens (including phenoxy) is 2. The van der Waals surface area contributed by atoms with E-state index in [-0.39, 0.29) is 0 Å². The summed E-state index contributed by atoms with van der Waals surface area (Å²) >= 11 is 0. The van der Waals surface area contributed by atoms with Gasteiger partial charge < -0.3 is 14.0 Å². The smallest absolute Gasteiger partial charge is 0.161 e. The topological polar surface area (TPSA) is 36.3 Å². The standard InChI is InChI=1S/C20H24N2O2/c1-14-12-17-18(13-15(14)2)22(16(3)21-17)10-7-11-24-20-9-6-5-8-19(20)23-4/h5-6,8-9,12-13H,7,10-11H2,1-4H3. The first kappa shape index (κ1) is 16.4. The fraction of sp³-hybridized carbons (Fsp3) is 0.350. The van der Waals surface area contributed by atoms with E-state index in [1.807, 2.05) is 24.3 Å². The largest absolute Gasteiger partial charge is 0.493 e. The number of fused-ring (bicyclic) bond motifs is 1. The van der Waals surface area contributed by atoms with Crippen molar-refractivity contribution in [1.29, 1.82) is 0 Å². The van der Waals surface area contributed by atoms with E-state index in [2.05, 4.69) is 42.5 Å². The molecule has 2 aromatic carbocycles. The average molecular weight is 324 g/mol. The zero-order valence-corrected chi connectivity index (χ0v) is 14.8. The van der Waals surface area contributed by atoms with E-state index in [0.717, 1.165) is 35.8 Å². The molecular formula is C20H24N2O2. The number of rotatable bonds is 6. The summed E-state index contributed by atoms with van der Waals surface area (Å²) in [5.74, 6) is 2.61. The monoisotopic (exact) mass is 324 g/mol. The Morgan fingerprint density at radius 1 is 1.00 bits per heavy atom. The minimum atomic E-state index is 0.643. The van der Waals surface area contributed by atoms with Crippen molar-refractivity contribution in [2.45, 2.75) is 33.7 Å². The maximum absolute atomic E-state index is 5.86. The van der Waals surface area contributed by atoms with Crippen LogP contribution < -0.4 is 9.47 Å². The molecule has 0 bridgehead atoms. The number of hydrogen-bond acceptors (Lipinski definition) is 3. The van der Waals surface area contributed by atoms with Crippen molar-refractivity contribution < 1.29 is 9.47 Å². The van der Waals surface area contributed by atoms with E-state index in [1.165, 1.54) is 16.6 Å². The molecule has 3 aromatic rings. The molecule has 24 heavy (non-hydrogen) atoms. The normalized spacial score (nSPS) is 11.0. The van der Waals surface area contributed by atoms with Gasteiger partial charge in [-0.3, -0.25) is 0 Å². The fourth-order valence-corrected chi connectivity index (χ4v) is 2.93. The van der Waals surface area contributed by atoms with Gasteiger partial charge in [-0.05, 0) is 62.6 Å². The Morgan fingerprint density at radius 2 is 1.71 bits per heavy atom. The van der Waals surface area contributed by atoms with Gasteiger partial charge in [0.1, 0.15) is 5.82 Å². The fourth-order valence-electron chi connectivity index (χ4n) is 2.93. The zero-order chi connectivity index (χ0) is 17.1. The molecule has 4 heteroatoms. The first-order valence-corrected chi connectivity index (χ1v) is 8.30. The van der Waals surface area contributed by atoms with Gasteiger partial charge in [-0.25, -0.2) is 4.98 Å². The summed E-state index contributed by atoms with van der Waals surface area (Å²) < 4.78 is 13.4. The Balaban J connectivity index is 1.68. The van der Waals surface area contributed by atoms with Gasteiger partial charge in [0.05, 0.1) is 24.8 Å². The summed E-state index contributed by atoms with van der Waals surface area (Å²) in [4.78, 5) is 4.68. The summed E-state index contributed by atoms with van der Waals surface area (Å²) in [6.45, 7) is 7.87. The Morgan fingerprint density at radius 3 is 2.46 bits per heavy atom. The number of aryl methyl sites for hydroxylation is 4. The lowest BCUT2D eigenvalue weighted by atomic mass is 10.1. The first-order chi connectivity index (χ1) is 11.6. The van der Waals surface area contributed by atoms with Crippen LogP contribution in [-0.2, 0) is 6.54 Å². The number of imidazole rings is 1. The predicted molar refractivity (Wildman–Crippen MR) is 97.1 cm³/mol. The van der Waals surface area contributed by atoms with Crippen LogP contribution >= 0.6 is 0 Å². The van der Waals surface area contributed by atoms with Crippen LogP contribution in [0.3, 0.4) is 0 Å². The molecule has 0 spiro atoms. The minimum Gasteiger partial charge on any atom is -0.493 e. The van der Waals surface area contributed by atoms with Gasteiger partial charge in [-0.1, -0.05) is 12.1 Å². The molecule has 0 unspecified atom stereocenters. The Kier molecular flexibility index (Phi) is 4.74. The number of para-hydroxylation sites is 2. The molecule has 0 radical (unpaired) electrons. The molecular weight excluding hydrogens is 300 g/mol. The van der Waals surface area contributed by atoms with Crippen molar-refractivity contribution in [3.63, 3.8) is 0 Å². The van der Waals surface area contributed by atoms with Crippen LogP contribution in [0.1, 0.15) is 23.4 Å². The second-order valence-electron chi connectivity index (χ2n) is 6.09. The highest BCUT2D eigenvalue weighted by Gasteiger charge is 2.09. The van der Waals surface area contributed by atoms with Crippen LogP contribution in [0.25, 0.3) is 11.0 Å². The molecule has 0 N–H and O–H groups in total. The highest BCUT2D eigenvalue weighted by molar-refractivity contribution is 5.78. The molecule has 3 rings (SSSR count). The molecule has 0 saturated heterocycles. The van der Waals surface area contributed by atoms with Crippen LogP contribution in [0, 0.1) is 20.8 Å². The molecule has 0 aliphatic heterocycles. The number of aromatic nitrogens is 2. The van der Waals surface area contributed by atoms with Gasteiger partial charge in [0.25, 0.3) is 0 Å². The van der Waals surface area contributed by atoms with E-state index < -0.39 is 0 Å². The lowest BCUT2D eigenvalue weighted by molar-refractivity contribution is 0.283. The molecule has 1 heterocycles. The molecule has 4 nitrogen and oxygen atoms in total. The van der Waals surface area contributed by atoms with Crippen molar-refractivity contribution in [2.75, 3.05) is 13.7 Å². The van der Waals surface area contributed by atoms with Gasteiger partial charge >= 0.3 is 0 Å². The molecule has 0 fully saturated rings. The summed E-state index contributed by atoms with van der Waals surface area (Å²) in [5, 5.41) is 0. The molecule has 1 aromatic heterocycles. The van der Waals surface area contributed by atoms with Gasteiger partial charge in [-0.2, -0.15) is 0 Å². The van der Waals surface area contributed by atoms with Crippen LogP contribution in [0.2, 0.25) is 0 Å². The van der Waals surface area contributed by atoms with E-state index in [4.69, 9.17) is 9.47 Å². The summed E-state index contributed by atoms with van der Waals surface area (Å²) in [7, 11) is 1.66. The maximum atomic E-state index is 5.86. The third kappa shape index (κ3) is 3.23. The third-order valence-corrected chi connectivity index (χ3v) is 4.41. The number of hydrogen-bond donors (Lipinski definition) is 0. The second kappa shape index (κ2) is 6.95. The summed E-state index contributed by atoms with van der Waals surface area (Å²) in [6.07, 6.45) is 0.914. The minimum absolute atomic E-state index is 0.643. The van der Waals surface area contributed by atoms with Crippen LogP contribution in [0.15, 0.2) is 36.4 Å². The SMILES string of the molecule is COc1ccccc1OCCCn1c(C)nc2cc(C)c(C)cc21. The van der Waals surface area contributed by atoms with E-state index in [1.54, 1.807) is 7.11 Å². The van der Waals surface area contributed by atoms with Crippen LogP contribution in [0.4, 0.5) is 0 Å². The molecule has 0 aliphatic carbocycles. The summed E-state index contributed by atoms with van der Waals surface area (Å²) in [6, 6.07) is 12.1. The Hall–Kier alpha value is -2.49. The van der Waals surface area contributed by atoms with Gasteiger partial charge in [0, 0.05) is 6.54 Å². The van der Waals surface area contributed by atoms with Crippen molar-refractivity contribution in [3.05, 3.63) is 53.3 Å². The maximum Gasteiger partial charge on any atom is 0.161 e. The van der Waals surface area contributed by atoms with E-state index in [0.29, 0.717) is 6.61 Å². The van der Waals surface area contributed by atoms with Crippen molar-refractivity contribution in [2.24, 2.45) is 0 Å². The third-order valence-electron chi connectivity index (χ3n) is 4.41. The quantitative estimate of drug-likeness (QED) is 0.629. The molecule has 0 amide bonds. The van der Waals surface area contributed by atoms with Crippen LogP contribution in [0.5, 0.6) is 11.5 Å². The molecule has 0 saturated carbocycles. The Labute approximate surface area is 143 Å². The van der Waals surface area contributed by atoms with E-state index in [9.17, 15) is 0 Å². The first-order valence-electron chi connectivity index (χ1n) is 8.30. The van der Waals surface area contributed by atoms with Gasteiger partial charge in [0.15, 0.2) is 11.5 Å². The zero-order valence-electron chi connectivity index (χ0n) is 14.8. The van der Waals surface area contributed by atoms with Crippen LogP contribution in [-0.4, -0.2) is 23.3 Å².